The molecule has 1 heterocycles. The van der Waals surface area contributed by atoms with Crippen molar-refractivity contribution < 1.29 is 4.74 Å². The summed E-state index contributed by atoms with van der Waals surface area (Å²) in [5, 5.41) is 4.40. The van der Waals surface area contributed by atoms with E-state index in [-0.39, 0.29) is 6.04 Å². The van der Waals surface area contributed by atoms with Gasteiger partial charge in [0.15, 0.2) is 0 Å². The summed E-state index contributed by atoms with van der Waals surface area (Å²) in [5.74, 6) is 1.03. The predicted molar refractivity (Wildman–Crippen MR) is 87.2 cm³/mol. The molecule has 3 rings (SSSR count). The van der Waals surface area contributed by atoms with Crippen LogP contribution in [0, 0.1) is 0 Å². The highest BCUT2D eigenvalue weighted by Crippen LogP contribution is 2.38. The van der Waals surface area contributed by atoms with Crippen LogP contribution < -0.4 is 10.1 Å². The average molecular weight is 302 g/mol. The molecular weight excluding hydrogens is 282 g/mol. The van der Waals surface area contributed by atoms with Gasteiger partial charge in [-0.25, -0.2) is 0 Å². The van der Waals surface area contributed by atoms with Crippen molar-refractivity contribution in [2.45, 2.75) is 25.8 Å². The van der Waals surface area contributed by atoms with E-state index in [0.717, 1.165) is 42.3 Å². The van der Waals surface area contributed by atoms with Crippen LogP contribution >= 0.6 is 11.6 Å². The number of rotatable bonds is 5. The summed E-state index contributed by atoms with van der Waals surface area (Å²) in [4.78, 5) is 0. The second-order valence-electron chi connectivity index (χ2n) is 5.34. The Morgan fingerprint density at radius 3 is 2.76 bits per heavy atom. The lowest BCUT2D eigenvalue weighted by molar-refractivity contribution is 0.350. The second-order valence-corrected chi connectivity index (χ2v) is 5.75. The van der Waals surface area contributed by atoms with Gasteiger partial charge in [-0.2, -0.15) is 0 Å². The van der Waals surface area contributed by atoms with Crippen LogP contribution in [0.4, 0.5) is 0 Å². The number of halogens is 1. The van der Waals surface area contributed by atoms with Crippen LogP contribution in [0.5, 0.6) is 5.75 Å². The monoisotopic (exact) mass is 301 g/mol. The summed E-state index contributed by atoms with van der Waals surface area (Å²) < 4.78 is 5.87. The summed E-state index contributed by atoms with van der Waals surface area (Å²) >= 11 is 6.42. The summed E-state index contributed by atoms with van der Waals surface area (Å²) in [6.45, 7) is 3.89. The number of benzene rings is 2. The number of hydrogen-bond acceptors (Lipinski definition) is 2. The van der Waals surface area contributed by atoms with Crippen molar-refractivity contribution in [1.29, 1.82) is 0 Å². The van der Waals surface area contributed by atoms with E-state index in [1.807, 2.05) is 18.2 Å². The highest BCUT2D eigenvalue weighted by Gasteiger charge is 2.24. The first-order valence-electron chi connectivity index (χ1n) is 7.53. The van der Waals surface area contributed by atoms with Gasteiger partial charge in [0.1, 0.15) is 5.75 Å². The van der Waals surface area contributed by atoms with E-state index >= 15 is 0 Å². The van der Waals surface area contributed by atoms with E-state index in [0.29, 0.717) is 0 Å². The Morgan fingerprint density at radius 2 is 1.95 bits per heavy atom. The Labute approximate surface area is 131 Å². The summed E-state index contributed by atoms with van der Waals surface area (Å²) in [7, 11) is 0. The third-order valence-electron chi connectivity index (χ3n) is 3.87. The Bertz CT molecular complexity index is 626. The average Bonchev–Trinajstić information content (AvgIpc) is 2.98. The van der Waals surface area contributed by atoms with Gasteiger partial charge in [0.2, 0.25) is 0 Å². The van der Waals surface area contributed by atoms with Gasteiger partial charge in [-0.05, 0) is 30.2 Å². The molecule has 110 valence electrons. The standard InChI is InChI=1S/C18H20ClNO/c1-2-11-20-17(14-7-3-4-9-16(14)19)15-8-5-6-13-10-12-21-18(13)15/h3-9,17,20H,2,10-12H2,1H3. The first-order chi connectivity index (χ1) is 10.3. The van der Waals surface area contributed by atoms with E-state index in [1.54, 1.807) is 0 Å². The molecule has 2 aromatic rings. The lowest BCUT2D eigenvalue weighted by Gasteiger charge is -2.22. The minimum absolute atomic E-state index is 0.0756. The van der Waals surface area contributed by atoms with Gasteiger partial charge >= 0.3 is 0 Å². The maximum atomic E-state index is 6.42. The molecule has 0 aliphatic carbocycles. The van der Waals surface area contributed by atoms with Gasteiger partial charge in [-0.3, -0.25) is 0 Å². The number of ether oxygens (including phenoxy) is 1. The number of hydrogen-bond donors (Lipinski definition) is 1. The van der Waals surface area contributed by atoms with Crippen LogP contribution in [0.25, 0.3) is 0 Å². The third kappa shape index (κ3) is 2.92. The van der Waals surface area contributed by atoms with Crippen LogP contribution in [0.1, 0.15) is 36.1 Å². The first kappa shape index (κ1) is 14.4. The van der Waals surface area contributed by atoms with E-state index in [4.69, 9.17) is 16.3 Å². The zero-order valence-electron chi connectivity index (χ0n) is 12.2. The van der Waals surface area contributed by atoms with Crippen LogP contribution in [-0.2, 0) is 6.42 Å². The fraction of sp³-hybridized carbons (Fsp3) is 0.333. The molecule has 0 fully saturated rings. The van der Waals surface area contributed by atoms with E-state index in [2.05, 4.69) is 36.5 Å². The molecule has 1 aliphatic heterocycles. The minimum Gasteiger partial charge on any atom is -0.493 e. The van der Waals surface area contributed by atoms with Crippen molar-refractivity contribution in [3.8, 4) is 5.75 Å². The van der Waals surface area contributed by atoms with Gasteiger partial charge in [0.25, 0.3) is 0 Å². The minimum atomic E-state index is 0.0756. The van der Waals surface area contributed by atoms with Gasteiger partial charge in [0.05, 0.1) is 12.6 Å². The lowest BCUT2D eigenvalue weighted by atomic mass is 9.95. The number of nitrogens with one attached hydrogen (secondary N) is 1. The number of fused-ring (bicyclic) bond motifs is 1. The lowest BCUT2D eigenvalue weighted by Crippen LogP contribution is -2.24. The molecule has 2 nitrogen and oxygen atoms in total. The van der Waals surface area contributed by atoms with Crippen LogP contribution in [-0.4, -0.2) is 13.2 Å². The van der Waals surface area contributed by atoms with Gasteiger partial charge < -0.3 is 10.1 Å². The van der Waals surface area contributed by atoms with Crippen LogP contribution in [0.3, 0.4) is 0 Å². The molecule has 0 saturated heterocycles. The summed E-state index contributed by atoms with van der Waals surface area (Å²) in [6, 6.07) is 14.5. The normalized spacial score (nSPS) is 14.6. The SMILES string of the molecule is CCCNC(c1ccccc1Cl)c1cccc2c1OCC2. The molecule has 1 aliphatic rings. The molecule has 1 unspecified atom stereocenters. The molecule has 0 amide bonds. The molecule has 21 heavy (non-hydrogen) atoms. The molecule has 1 N–H and O–H groups in total. The largest absolute Gasteiger partial charge is 0.493 e. The third-order valence-corrected chi connectivity index (χ3v) is 4.21. The van der Waals surface area contributed by atoms with Crippen molar-refractivity contribution in [1.82, 2.24) is 5.32 Å². The topological polar surface area (TPSA) is 21.3 Å². The molecular formula is C18H20ClNO. The zero-order chi connectivity index (χ0) is 14.7. The van der Waals surface area contributed by atoms with Crippen molar-refractivity contribution >= 4 is 11.6 Å². The summed E-state index contributed by atoms with van der Waals surface area (Å²) in [5.41, 5.74) is 3.59. The highest BCUT2D eigenvalue weighted by molar-refractivity contribution is 6.31. The molecule has 0 radical (unpaired) electrons. The smallest absolute Gasteiger partial charge is 0.127 e. The molecule has 0 bridgehead atoms. The molecule has 0 saturated carbocycles. The quantitative estimate of drug-likeness (QED) is 0.886. The van der Waals surface area contributed by atoms with Crippen molar-refractivity contribution in [3.63, 3.8) is 0 Å². The second kappa shape index (κ2) is 6.50. The molecule has 2 aromatic carbocycles. The maximum Gasteiger partial charge on any atom is 0.127 e. The van der Waals surface area contributed by atoms with Crippen molar-refractivity contribution in [2.75, 3.05) is 13.2 Å². The number of para-hydroxylation sites is 1. The van der Waals surface area contributed by atoms with Gasteiger partial charge in [-0.15, -0.1) is 0 Å². The van der Waals surface area contributed by atoms with Crippen LogP contribution in [0.15, 0.2) is 42.5 Å². The molecule has 0 aromatic heterocycles. The Morgan fingerprint density at radius 1 is 1.14 bits per heavy atom. The molecule has 0 spiro atoms. The Balaban J connectivity index is 2.04. The van der Waals surface area contributed by atoms with Crippen molar-refractivity contribution in [2.24, 2.45) is 0 Å². The van der Waals surface area contributed by atoms with E-state index in [9.17, 15) is 0 Å². The zero-order valence-corrected chi connectivity index (χ0v) is 13.0. The summed E-state index contributed by atoms with van der Waals surface area (Å²) in [6.07, 6.45) is 2.07. The first-order valence-corrected chi connectivity index (χ1v) is 7.91. The van der Waals surface area contributed by atoms with Crippen molar-refractivity contribution in [3.05, 3.63) is 64.2 Å². The molecule has 1 atom stereocenters. The van der Waals surface area contributed by atoms with Gasteiger partial charge in [0, 0.05) is 17.0 Å². The Kier molecular flexibility index (Phi) is 4.47. The van der Waals surface area contributed by atoms with Gasteiger partial charge in [-0.1, -0.05) is 54.9 Å². The molecule has 3 heteroatoms. The highest BCUT2D eigenvalue weighted by atomic mass is 35.5. The fourth-order valence-corrected chi connectivity index (χ4v) is 3.10. The maximum absolute atomic E-state index is 6.42. The van der Waals surface area contributed by atoms with E-state index < -0.39 is 0 Å². The fourth-order valence-electron chi connectivity index (χ4n) is 2.85. The Hall–Kier alpha value is -1.51. The van der Waals surface area contributed by atoms with E-state index in [1.165, 1.54) is 11.1 Å². The van der Waals surface area contributed by atoms with Crippen LogP contribution in [0.2, 0.25) is 5.02 Å². The predicted octanol–water partition coefficient (Wildman–Crippen LogP) is 4.36.